The maximum absolute atomic E-state index is 13.0. The number of carbonyl (C=O) groups is 1. The molecule has 0 saturated heterocycles. The SMILES string of the molecule is CCCc1nc2c(C)cc(-c3nc(-c4ccccc4)c(C)n3C)cc2n1Cc1ccc(-c2ccccc2C(=O)OC(C)(C)C)cc1. The molecule has 46 heavy (non-hydrogen) atoms. The Morgan fingerprint density at radius 2 is 1.52 bits per heavy atom. The Hall–Kier alpha value is -4.97. The lowest BCUT2D eigenvalue weighted by molar-refractivity contribution is 0.00704. The van der Waals surface area contributed by atoms with E-state index in [1.165, 1.54) is 0 Å². The minimum atomic E-state index is -0.560. The van der Waals surface area contributed by atoms with Crippen LogP contribution in [0.5, 0.6) is 0 Å². The summed E-state index contributed by atoms with van der Waals surface area (Å²) in [6, 6.07) is 30.9. The first-order valence-corrected chi connectivity index (χ1v) is 16.0. The fourth-order valence-corrected chi connectivity index (χ4v) is 6.09. The Morgan fingerprint density at radius 1 is 0.826 bits per heavy atom. The predicted molar refractivity (Wildman–Crippen MR) is 187 cm³/mol. The Labute approximate surface area is 271 Å². The van der Waals surface area contributed by atoms with E-state index in [1.54, 1.807) is 0 Å². The van der Waals surface area contributed by atoms with Gasteiger partial charge in [0.2, 0.25) is 0 Å². The zero-order valence-corrected chi connectivity index (χ0v) is 27.9. The molecule has 4 aromatic carbocycles. The number of fused-ring (bicyclic) bond motifs is 1. The second kappa shape index (κ2) is 12.4. The van der Waals surface area contributed by atoms with Crippen LogP contribution in [0.3, 0.4) is 0 Å². The molecular weight excluding hydrogens is 568 g/mol. The van der Waals surface area contributed by atoms with Crippen molar-refractivity contribution in [3.63, 3.8) is 0 Å². The van der Waals surface area contributed by atoms with Crippen LogP contribution in [0, 0.1) is 13.8 Å². The van der Waals surface area contributed by atoms with Gasteiger partial charge in [0.1, 0.15) is 17.2 Å². The van der Waals surface area contributed by atoms with Crippen LogP contribution < -0.4 is 0 Å². The van der Waals surface area contributed by atoms with Crippen LogP contribution in [0.25, 0.3) is 44.8 Å². The van der Waals surface area contributed by atoms with Crippen molar-refractivity contribution in [3.05, 3.63) is 119 Å². The standard InChI is InChI=1S/C40H42N4O2/c1-8-14-35-41-36-26(2)23-31(38-42-37(27(3)43(38)7)30-15-10-9-11-16-30)24-34(36)44(35)25-28-19-21-29(22-20-28)32-17-12-13-18-33(32)39(45)46-40(4,5)6/h9-13,15-24H,8,14,25H2,1-7H3. The van der Waals surface area contributed by atoms with Crippen molar-refractivity contribution >= 4 is 17.0 Å². The van der Waals surface area contributed by atoms with E-state index >= 15 is 0 Å². The number of aromatic nitrogens is 4. The second-order valence-electron chi connectivity index (χ2n) is 13.1. The van der Waals surface area contributed by atoms with Gasteiger partial charge in [-0.25, -0.2) is 14.8 Å². The van der Waals surface area contributed by atoms with Crippen LogP contribution in [-0.2, 0) is 24.8 Å². The van der Waals surface area contributed by atoms with Gasteiger partial charge in [0, 0.05) is 36.8 Å². The number of imidazole rings is 2. The molecule has 0 saturated carbocycles. The van der Waals surface area contributed by atoms with Gasteiger partial charge in [-0.15, -0.1) is 0 Å². The van der Waals surface area contributed by atoms with E-state index in [-0.39, 0.29) is 5.97 Å². The Kier molecular flexibility index (Phi) is 8.39. The van der Waals surface area contributed by atoms with Crippen molar-refractivity contribution < 1.29 is 9.53 Å². The number of aryl methyl sites for hydroxylation is 2. The van der Waals surface area contributed by atoms with E-state index in [0.29, 0.717) is 12.1 Å². The van der Waals surface area contributed by atoms with Crippen LogP contribution in [0.15, 0.2) is 91.0 Å². The van der Waals surface area contributed by atoms with Crippen LogP contribution >= 0.6 is 0 Å². The zero-order chi connectivity index (χ0) is 32.6. The molecule has 0 amide bonds. The molecule has 0 unspecified atom stereocenters. The minimum absolute atomic E-state index is 0.314. The summed E-state index contributed by atoms with van der Waals surface area (Å²) in [4.78, 5) is 23.3. The number of nitrogens with zero attached hydrogens (tertiary/aromatic N) is 4. The molecule has 0 bridgehead atoms. The molecule has 6 aromatic rings. The average Bonchev–Trinajstić information content (AvgIpc) is 3.53. The average molecular weight is 611 g/mol. The number of carbonyl (C=O) groups excluding carboxylic acids is 1. The third-order valence-corrected chi connectivity index (χ3v) is 8.44. The summed E-state index contributed by atoms with van der Waals surface area (Å²) in [7, 11) is 2.09. The molecule has 2 heterocycles. The van der Waals surface area contributed by atoms with Gasteiger partial charge >= 0.3 is 5.97 Å². The molecule has 0 aliphatic rings. The molecule has 0 fully saturated rings. The molecule has 0 spiro atoms. The highest BCUT2D eigenvalue weighted by Gasteiger charge is 2.22. The zero-order valence-electron chi connectivity index (χ0n) is 27.9. The molecule has 0 aliphatic heterocycles. The lowest BCUT2D eigenvalue weighted by atomic mass is 9.98. The quantitative estimate of drug-likeness (QED) is 0.161. The van der Waals surface area contributed by atoms with Gasteiger partial charge in [0.25, 0.3) is 0 Å². The number of benzene rings is 4. The summed E-state index contributed by atoms with van der Waals surface area (Å²) in [5.41, 5.74) is 10.6. The van der Waals surface area contributed by atoms with Gasteiger partial charge in [0.15, 0.2) is 0 Å². The Morgan fingerprint density at radius 3 is 2.22 bits per heavy atom. The van der Waals surface area contributed by atoms with Crippen LogP contribution in [-0.4, -0.2) is 30.7 Å². The molecule has 6 nitrogen and oxygen atoms in total. The number of hydrogen-bond donors (Lipinski definition) is 0. The monoisotopic (exact) mass is 610 g/mol. The number of esters is 1. The fraction of sp³-hybridized carbons (Fsp3) is 0.275. The van der Waals surface area contributed by atoms with Gasteiger partial charge in [-0.05, 0) is 81.5 Å². The van der Waals surface area contributed by atoms with E-state index in [1.807, 2.05) is 51.1 Å². The normalized spacial score (nSPS) is 11.7. The molecule has 0 aliphatic carbocycles. The highest BCUT2D eigenvalue weighted by Crippen LogP contribution is 2.33. The third-order valence-electron chi connectivity index (χ3n) is 8.44. The van der Waals surface area contributed by atoms with Crippen molar-refractivity contribution in [3.8, 4) is 33.8 Å². The molecular formula is C40H42N4O2. The topological polar surface area (TPSA) is 61.9 Å². The predicted octanol–water partition coefficient (Wildman–Crippen LogP) is 9.34. The Bertz CT molecular complexity index is 2030. The minimum Gasteiger partial charge on any atom is -0.456 e. The van der Waals surface area contributed by atoms with Crippen molar-refractivity contribution in [1.82, 2.24) is 19.1 Å². The molecule has 6 rings (SSSR count). The van der Waals surface area contributed by atoms with Gasteiger partial charge in [-0.3, -0.25) is 0 Å². The van der Waals surface area contributed by atoms with Gasteiger partial charge < -0.3 is 13.9 Å². The number of rotatable bonds is 8. The number of ether oxygens (including phenoxy) is 1. The summed E-state index contributed by atoms with van der Waals surface area (Å²) >= 11 is 0. The summed E-state index contributed by atoms with van der Waals surface area (Å²) < 4.78 is 10.2. The first kappa shape index (κ1) is 31.0. The lowest BCUT2D eigenvalue weighted by Crippen LogP contribution is -2.24. The summed E-state index contributed by atoms with van der Waals surface area (Å²) in [6.07, 6.45) is 1.90. The molecule has 2 aromatic heterocycles. The summed E-state index contributed by atoms with van der Waals surface area (Å²) in [5, 5.41) is 0. The van der Waals surface area contributed by atoms with Crippen molar-refractivity contribution in [1.29, 1.82) is 0 Å². The number of hydrogen-bond acceptors (Lipinski definition) is 4. The van der Waals surface area contributed by atoms with Crippen molar-refractivity contribution in [2.24, 2.45) is 7.05 Å². The van der Waals surface area contributed by atoms with E-state index in [9.17, 15) is 4.79 Å². The van der Waals surface area contributed by atoms with Crippen LogP contribution in [0.2, 0.25) is 0 Å². The Balaban J connectivity index is 1.37. The smallest absolute Gasteiger partial charge is 0.339 e. The fourth-order valence-electron chi connectivity index (χ4n) is 6.09. The van der Waals surface area contributed by atoms with Crippen molar-refractivity contribution in [2.45, 2.75) is 66.5 Å². The summed E-state index contributed by atoms with van der Waals surface area (Å²) in [5.74, 6) is 1.71. The molecule has 0 N–H and O–H groups in total. The van der Waals surface area contributed by atoms with E-state index in [0.717, 1.165) is 80.3 Å². The molecule has 234 valence electrons. The van der Waals surface area contributed by atoms with E-state index in [2.05, 4.69) is 97.6 Å². The van der Waals surface area contributed by atoms with Gasteiger partial charge in [0.05, 0.1) is 22.3 Å². The second-order valence-corrected chi connectivity index (χ2v) is 13.1. The van der Waals surface area contributed by atoms with Crippen molar-refractivity contribution in [2.75, 3.05) is 0 Å². The summed E-state index contributed by atoms with van der Waals surface area (Å²) in [6.45, 7) is 12.8. The maximum Gasteiger partial charge on any atom is 0.339 e. The van der Waals surface area contributed by atoms with Crippen LogP contribution in [0.4, 0.5) is 0 Å². The van der Waals surface area contributed by atoms with Gasteiger partial charge in [-0.2, -0.15) is 0 Å². The molecule has 6 heteroatoms. The molecule has 0 atom stereocenters. The largest absolute Gasteiger partial charge is 0.456 e. The van der Waals surface area contributed by atoms with Crippen LogP contribution in [0.1, 0.15) is 67.1 Å². The van der Waals surface area contributed by atoms with E-state index < -0.39 is 5.60 Å². The maximum atomic E-state index is 13.0. The molecule has 0 radical (unpaired) electrons. The highest BCUT2D eigenvalue weighted by molar-refractivity contribution is 5.97. The lowest BCUT2D eigenvalue weighted by Gasteiger charge is -2.20. The highest BCUT2D eigenvalue weighted by atomic mass is 16.6. The van der Waals surface area contributed by atoms with E-state index in [4.69, 9.17) is 14.7 Å². The first-order valence-electron chi connectivity index (χ1n) is 16.0. The van der Waals surface area contributed by atoms with Gasteiger partial charge in [-0.1, -0.05) is 79.7 Å². The first-order chi connectivity index (χ1) is 22.0. The third kappa shape index (κ3) is 6.12.